The zero-order valence-electron chi connectivity index (χ0n) is 18.7. The number of rotatable bonds is 5. The first kappa shape index (κ1) is 24.0. The Morgan fingerprint density at radius 2 is 1.77 bits per heavy atom. The Bertz CT molecular complexity index is 1360. The van der Waals surface area contributed by atoms with Crippen molar-refractivity contribution in [2.75, 3.05) is 23.3 Å². The van der Waals surface area contributed by atoms with Crippen molar-refractivity contribution in [1.82, 2.24) is 9.78 Å². The van der Waals surface area contributed by atoms with Crippen LogP contribution in [-0.2, 0) is 6.18 Å². The number of nitrogens with zero attached hydrogens (tertiary/aromatic N) is 3. The molecule has 1 aromatic heterocycles. The lowest BCUT2D eigenvalue weighted by molar-refractivity contribution is -0.137. The Balaban J connectivity index is 1.73. The van der Waals surface area contributed by atoms with Crippen molar-refractivity contribution in [1.29, 1.82) is 0 Å². The van der Waals surface area contributed by atoms with E-state index in [1.165, 1.54) is 25.1 Å². The fraction of sp³-hybridized carbons (Fsp3) is 0.250. The second-order valence-corrected chi connectivity index (χ2v) is 8.20. The van der Waals surface area contributed by atoms with Gasteiger partial charge in [-0.15, -0.1) is 0 Å². The first-order valence-electron chi connectivity index (χ1n) is 10.8. The highest BCUT2D eigenvalue weighted by molar-refractivity contribution is 6.06. The van der Waals surface area contributed by atoms with Gasteiger partial charge in [0.2, 0.25) is 11.3 Å². The molecule has 0 atom stereocenters. The molecule has 2 aromatic carbocycles. The van der Waals surface area contributed by atoms with Crippen LogP contribution in [0.4, 0.5) is 24.5 Å². The number of halogens is 3. The maximum Gasteiger partial charge on any atom is 0.416 e. The SMILES string of the molecule is Cc1cc(=O)c(C(=O)Nc2cc(C(N)=O)ccc2N2CCCC2)nn1-c1cccc(C(F)(F)F)c1. The Morgan fingerprint density at radius 1 is 1.06 bits per heavy atom. The number of amides is 2. The standard InChI is InChI=1S/C24H22F3N5O3/c1-14-11-20(33)21(30-32(14)17-6-4-5-16(13-17)24(25,26)27)23(35)29-18-12-15(22(28)34)7-8-19(18)31-9-2-3-10-31/h4-8,11-13H,2-3,9-10H2,1H3,(H2,28,34)(H,29,35). The molecule has 0 spiro atoms. The summed E-state index contributed by atoms with van der Waals surface area (Å²) in [6, 6.07) is 10.2. The van der Waals surface area contributed by atoms with E-state index in [0.717, 1.165) is 48.8 Å². The Kier molecular flexibility index (Phi) is 6.33. The molecule has 3 aromatic rings. The van der Waals surface area contributed by atoms with Crippen LogP contribution < -0.4 is 21.4 Å². The summed E-state index contributed by atoms with van der Waals surface area (Å²) in [5, 5.41) is 6.69. The lowest BCUT2D eigenvalue weighted by Gasteiger charge is -2.22. The number of primary amides is 1. The maximum atomic E-state index is 13.2. The first-order valence-corrected chi connectivity index (χ1v) is 10.8. The molecular formula is C24H22F3N5O3. The first-order chi connectivity index (χ1) is 16.5. The summed E-state index contributed by atoms with van der Waals surface area (Å²) in [6.07, 6.45) is -2.64. The molecule has 1 saturated heterocycles. The summed E-state index contributed by atoms with van der Waals surface area (Å²) in [6.45, 7) is 3.01. The molecule has 0 unspecified atom stereocenters. The monoisotopic (exact) mass is 485 g/mol. The quantitative estimate of drug-likeness (QED) is 0.575. The van der Waals surface area contributed by atoms with Crippen LogP contribution in [-0.4, -0.2) is 34.7 Å². The number of hydrogen-bond donors (Lipinski definition) is 2. The third-order valence-corrected chi connectivity index (χ3v) is 5.72. The van der Waals surface area contributed by atoms with Gasteiger partial charge in [0, 0.05) is 30.4 Å². The molecule has 2 amide bonds. The Hall–Kier alpha value is -4.15. The topological polar surface area (TPSA) is 110 Å². The molecule has 0 bridgehead atoms. The number of carbonyl (C=O) groups is 2. The fourth-order valence-corrected chi connectivity index (χ4v) is 3.98. The minimum absolute atomic E-state index is 0.0415. The number of anilines is 2. The lowest BCUT2D eigenvalue weighted by Crippen LogP contribution is -2.28. The van der Waals surface area contributed by atoms with Gasteiger partial charge in [0.05, 0.1) is 22.6 Å². The fourth-order valence-electron chi connectivity index (χ4n) is 3.98. The maximum absolute atomic E-state index is 13.2. The average Bonchev–Trinajstić information content (AvgIpc) is 3.33. The van der Waals surface area contributed by atoms with Crippen molar-refractivity contribution in [3.63, 3.8) is 0 Å². The van der Waals surface area contributed by atoms with E-state index < -0.39 is 34.7 Å². The van der Waals surface area contributed by atoms with Gasteiger partial charge in [-0.3, -0.25) is 14.4 Å². The van der Waals surface area contributed by atoms with E-state index in [2.05, 4.69) is 10.4 Å². The van der Waals surface area contributed by atoms with E-state index in [-0.39, 0.29) is 22.6 Å². The molecule has 4 rings (SSSR count). The van der Waals surface area contributed by atoms with Gasteiger partial charge in [0.1, 0.15) is 0 Å². The molecule has 0 aliphatic carbocycles. The third kappa shape index (κ3) is 5.03. The van der Waals surface area contributed by atoms with Crippen LogP contribution in [0.2, 0.25) is 0 Å². The van der Waals surface area contributed by atoms with Gasteiger partial charge >= 0.3 is 6.18 Å². The zero-order chi connectivity index (χ0) is 25.3. The second-order valence-electron chi connectivity index (χ2n) is 8.20. The second kappa shape index (κ2) is 9.24. The molecular weight excluding hydrogens is 463 g/mol. The third-order valence-electron chi connectivity index (χ3n) is 5.72. The number of aryl methyl sites for hydroxylation is 1. The molecule has 1 aliphatic rings. The molecule has 2 heterocycles. The van der Waals surface area contributed by atoms with Crippen molar-refractivity contribution in [2.24, 2.45) is 5.73 Å². The molecule has 0 saturated carbocycles. The lowest BCUT2D eigenvalue weighted by atomic mass is 10.1. The summed E-state index contributed by atoms with van der Waals surface area (Å²) < 4.78 is 40.6. The molecule has 11 heteroatoms. The largest absolute Gasteiger partial charge is 0.416 e. The van der Waals surface area contributed by atoms with E-state index in [1.807, 2.05) is 4.90 Å². The number of hydrogen-bond acceptors (Lipinski definition) is 5. The Labute approximate surface area is 198 Å². The van der Waals surface area contributed by atoms with E-state index in [0.29, 0.717) is 5.69 Å². The van der Waals surface area contributed by atoms with Crippen LogP contribution in [0.1, 0.15) is 44.9 Å². The highest BCUT2D eigenvalue weighted by atomic mass is 19.4. The van der Waals surface area contributed by atoms with Crippen LogP contribution in [0, 0.1) is 6.92 Å². The Morgan fingerprint density at radius 3 is 2.43 bits per heavy atom. The van der Waals surface area contributed by atoms with E-state index >= 15 is 0 Å². The van der Waals surface area contributed by atoms with Crippen LogP contribution in [0.5, 0.6) is 0 Å². The minimum Gasteiger partial charge on any atom is -0.370 e. The van der Waals surface area contributed by atoms with E-state index in [4.69, 9.17) is 5.73 Å². The van der Waals surface area contributed by atoms with E-state index in [9.17, 15) is 27.6 Å². The summed E-state index contributed by atoms with van der Waals surface area (Å²) in [4.78, 5) is 39.4. The van der Waals surface area contributed by atoms with Gasteiger partial charge in [-0.1, -0.05) is 6.07 Å². The molecule has 0 radical (unpaired) electrons. The van der Waals surface area contributed by atoms with Gasteiger partial charge < -0.3 is 16.0 Å². The smallest absolute Gasteiger partial charge is 0.370 e. The number of carbonyl (C=O) groups excluding carboxylic acids is 2. The summed E-state index contributed by atoms with van der Waals surface area (Å²) in [5.74, 6) is -1.55. The van der Waals surface area contributed by atoms with Crippen molar-refractivity contribution >= 4 is 23.2 Å². The predicted molar refractivity (Wildman–Crippen MR) is 124 cm³/mol. The summed E-state index contributed by atoms with van der Waals surface area (Å²) >= 11 is 0. The average molecular weight is 485 g/mol. The predicted octanol–water partition coefficient (Wildman–Crippen LogP) is 3.51. The molecule has 3 N–H and O–H groups in total. The molecule has 1 aliphatic heterocycles. The van der Waals surface area contributed by atoms with Crippen molar-refractivity contribution in [3.8, 4) is 5.69 Å². The number of alkyl halides is 3. The molecule has 35 heavy (non-hydrogen) atoms. The zero-order valence-corrected chi connectivity index (χ0v) is 18.7. The van der Waals surface area contributed by atoms with Gasteiger partial charge in [-0.2, -0.15) is 18.3 Å². The van der Waals surface area contributed by atoms with Gasteiger partial charge in [0.15, 0.2) is 5.69 Å². The molecule has 1 fully saturated rings. The van der Waals surface area contributed by atoms with Gasteiger partial charge in [0.25, 0.3) is 5.91 Å². The normalized spacial score (nSPS) is 13.7. The highest BCUT2D eigenvalue weighted by Crippen LogP contribution is 2.31. The molecule has 8 nitrogen and oxygen atoms in total. The van der Waals surface area contributed by atoms with Crippen LogP contribution >= 0.6 is 0 Å². The number of nitrogens with one attached hydrogen (secondary N) is 1. The van der Waals surface area contributed by atoms with Crippen LogP contribution in [0.15, 0.2) is 53.3 Å². The van der Waals surface area contributed by atoms with Crippen molar-refractivity contribution in [2.45, 2.75) is 25.9 Å². The highest BCUT2D eigenvalue weighted by Gasteiger charge is 2.31. The molecule has 182 valence electrons. The number of nitrogens with two attached hydrogens (primary N) is 1. The van der Waals surface area contributed by atoms with Crippen molar-refractivity contribution in [3.05, 3.63) is 81.3 Å². The number of benzene rings is 2. The number of aromatic nitrogens is 2. The van der Waals surface area contributed by atoms with Crippen molar-refractivity contribution < 1.29 is 22.8 Å². The van der Waals surface area contributed by atoms with E-state index in [1.54, 1.807) is 12.1 Å². The minimum atomic E-state index is -4.57. The van der Waals surface area contributed by atoms with Gasteiger partial charge in [-0.25, -0.2) is 4.68 Å². The summed E-state index contributed by atoms with van der Waals surface area (Å²) in [5.41, 5.74) is 4.68. The van der Waals surface area contributed by atoms with Gasteiger partial charge in [-0.05, 0) is 56.2 Å². The summed E-state index contributed by atoms with van der Waals surface area (Å²) in [7, 11) is 0. The van der Waals surface area contributed by atoms with Crippen LogP contribution in [0.25, 0.3) is 5.69 Å². The van der Waals surface area contributed by atoms with Crippen LogP contribution in [0.3, 0.4) is 0 Å².